The Morgan fingerprint density at radius 3 is 2.14 bits per heavy atom. The number of hydrogen-bond donors (Lipinski definition) is 3. The van der Waals surface area contributed by atoms with E-state index in [1.54, 1.807) is 39.0 Å². The van der Waals surface area contributed by atoms with Gasteiger partial charge in [-0.15, -0.1) is 0 Å². The number of carbonyl (C=O) groups is 3. The molecule has 0 aliphatic carbocycles. The zero-order valence-electron chi connectivity index (χ0n) is 22.5. The average molecular weight is 498 g/mol. The molecule has 0 aliphatic heterocycles. The first kappa shape index (κ1) is 28.7. The number of alkyl carbamates (subject to hydrolysis) is 1. The number of benzene rings is 2. The molecule has 0 aliphatic rings. The second-order valence-corrected chi connectivity index (χ2v) is 10.2. The number of likely N-dealkylation sites (N-methyl/N-ethyl adjacent to an activating group) is 1. The summed E-state index contributed by atoms with van der Waals surface area (Å²) in [7, 11) is 1.50. The standard InChI is InChI=1S/C28H39N3O5/c1-9-17(2)23(30-27(35)36-28(5,6)7)26(34)31(8)24(20-15-10-11-16-21(20)32)25(33)29-22-18(3)13-12-14-19(22)4/h10-17,23-24,32H,9H2,1-8H3,(H,29,33)(H,30,35). The van der Waals surface area contributed by atoms with Crippen molar-refractivity contribution in [2.24, 2.45) is 5.92 Å². The van der Waals surface area contributed by atoms with Crippen LogP contribution in [0.5, 0.6) is 5.75 Å². The van der Waals surface area contributed by atoms with Crippen LogP contribution in [0, 0.1) is 19.8 Å². The van der Waals surface area contributed by atoms with Crippen LogP contribution in [0.1, 0.15) is 63.8 Å². The molecule has 0 fully saturated rings. The number of aryl methyl sites for hydroxylation is 2. The molecular formula is C28H39N3O5. The van der Waals surface area contributed by atoms with Crippen LogP contribution in [0.4, 0.5) is 10.5 Å². The van der Waals surface area contributed by atoms with Crippen molar-refractivity contribution in [1.29, 1.82) is 0 Å². The first-order chi connectivity index (χ1) is 16.8. The van der Waals surface area contributed by atoms with E-state index < -0.39 is 35.6 Å². The van der Waals surface area contributed by atoms with Crippen molar-refractivity contribution >= 4 is 23.6 Å². The van der Waals surface area contributed by atoms with Gasteiger partial charge in [0.1, 0.15) is 23.4 Å². The second kappa shape index (κ2) is 11.9. The molecule has 0 spiro atoms. The zero-order chi connectivity index (χ0) is 27.2. The van der Waals surface area contributed by atoms with Gasteiger partial charge in [0.15, 0.2) is 0 Å². The quantitative estimate of drug-likeness (QED) is 0.471. The lowest BCUT2D eigenvalue weighted by atomic mass is 9.96. The number of amides is 3. The van der Waals surface area contributed by atoms with Crippen molar-refractivity contribution in [3.8, 4) is 5.75 Å². The molecule has 2 rings (SSSR count). The van der Waals surface area contributed by atoms with Gasteiger partial charge >= 0.3 is 6.09 Å². The first-order valence-corrected chi connectivity index (χ1v) is 12.2. The van der Waals surface area contributed by atoms with Crippen LogP contribution in [0.2, 0.25) is 0 Å². The number of ether oxygens (including phenoxy) is 1. The third kappa shape index (κ3) is 7.23. The van der Waals surface area contributed by atoms with Crippen LogP contribution >= 0.6 is 0 Å². The Morgan fingerprint density at radius 2 is 1.61 bits per heavy atom. The van der Waals surface area contributed by atoms with E-state index in [0.717, 1.165) is 11.1 Å². The van der Waals surface area contributed by atoms with Crippen LogP contribution < -0.4 is 10.6 Å². The largest absolute Gasteiger partial charge is 0.508 e. The van der Waals surface area contributed by atoms with Crippen molar-refractivity contribution in [3.05, 3.63) is 59.2 Å². The van der Waals surface area contributed by atoms with Gasteiger partial charge in [-0.2, -0.15) is 0 Å². The first-order valence-electron chi connectivity index (χ1n) is 12.2. The molecular weight excluding hydrogens is 458 g/mol. The molecule has 3 unspecified atom stereocenters. The summed E-state index contributed by atoms with van der Waals surface area (Å²) in [6, 6.07) is 10.00. The number of carbonyl (C=O) groups excluding carboxylic acids is 3. The number of para-hydroxylation sites is 2. The molecule has 0 heterocycles. The van der Waals surface area contributed by atoms with E-state index in [2.05, 4.69) is 10.6 Å². The van der Waals surface area contributed by atoms with Gasteiger partial charge in [0.25, 0.3) is 5.91 Å². The smallest absolute Gasteiger partial charge is 0.408 e. The summed E-state index contributed by atoms with van der Waals surface area (Å²) in [5.41, 5.74) is 1.93. The fraction of sp³-hybridized carbons (Fsp3) is 0.464. The minimum absolute atomic E-state index is 0.112. The van der Waals surface area contributed by atoms with Crippen molar-refractivity contribution in [1.82, 2.24) is 10.2 Å². The molecule has 0 saturated heterocycles. The number of aromatic hydroxyl groups is 1. The van der Waals surface area contributed by atoms with Crippen molar-refractivity contribution < 1.29 is 24.2 Å². The maximum absolute atomic E-state index is 13.8. The number of anilines is 1. The number of phenols is 1. The van der Waals surface area contributed by atoms with Gasteiger partial charge in [0, 0.05) is 18.3 Å². The average Bonchev–Trinajstić information content (AvgIpc) is 2.79. The molecule has 0 saturated carbocycles. The lowest BCUT2D eigenvalue weighted by Crippen LogP contribution is -2.53. The van der Waals surface area contributed by atoms with Crippen LogP contribution in [0.3, 0.4) is 0 Å². The third-order valence-corrected chi connectivity index (χ3v) is 6.10. The molecule has 0 radical (unpaired) electrons. The number of hydrogen-bond acceptors (Lipinski definition) is 5. The van der Waals surface area contributed by atoms with Crippen LogP contribution in [0.25, 0.3) is 0 Å². The molecule has 3 amide bonds. The summed E-state index contributed by atoms with van der Waals surface area (Å²) in [6.45, 7) is 12.8. The van der Waals surface area contributed by atoms with E-state index in [0.29, 0.717) is 12.1 Å². The van der Waals surface area contributed by atoms with E-state index in [-0.39, 0.29) is 17.2 Å². The molecule has 2 aromatic rings. The normalized spacial score (nSPS) is 13.8. The fourth-order valence-corrected chi connectivity index (χ4v) is 3.91. The molecule has 3 atom stereocenters. The Balaban J connectivity index is 2.46. The molecule has 36 heavy (non-hydrogen) atoms. The Kier molecular flexibility index (Phi) is 9.50. The predicted octanol–water partition coefficient (Wildman–Crippen LogP) is 5.09. The van der Waals surface area contributed by atoms with Crippen LogP contribution in [0.15, 0.2) is 42.5 Å². The molecule has 3 N–H and O–H groups in total. The van der Waals surface area contributed by atoms with Crippen LogP contribution in [-0.2, 0) is 14.3 Å². The Hall–Kier alpha value is -3.55. The van der Waals surface area contributed by atoms with Gasteiger partial charge in [-0.05, 0) is 57.7 Å². The van der Waals surface area contributed by atoms with Gasteiger partial charge < -0.3 is 25.4 Å². The zero-order valence-corrected chi connectivity index (χ0v) is 22.5. The van der Waals surface area contributed by atoms with Gasteiger partial charge in [-0.1, -0.05) is 56.7 Å². The minimum Gasteiger partial charge on any atom is -0.508 e. The lowest BCUT2D eigenvalue weighted by Gasteiger charge is -2.34. The monoisotopic (exact) mass is 497 g/mol. The summed E-state index contributed by atoms with van der Waals surface area (Å²) in [5, 5.41) is 16.2. The summed E-state index contributed by atoms with van der Waals surface area (Å²) >= 11 is 0. The van der Waals surface area contributed by atoms with Crippen molar-refractivity contribution in [2.75, 3.05) is 12.4 Å². The number of nitrogens with zero attached hydrogens (tertiary/aromatic N) is 1. The highest BCUT2D eigenvalue weighted by Crippen LogP contribution is 2.31. The van der Waals surface area contributed by atoms with E-state index in [4.69, 9.17) is 4.74 Å². The second-order valence-electron chi connectivity index (χ2n) is 10.2. The highest BCUT2D eigenvalue weighted by atomic mass is 16.6. The van der Waals surface area contributed by atoms with E-state index in [1.165, 1.54) is 18.0 Å². The minimum atomic E-state index is -1.15. The SMILES string of the molecule is CCC(C)C(NC(=O)OC(C)(C)C)C(=O)N(C)C(C(=O)Nc1c(C)cccc1C)c1ccccc1O. The maximum atomic E-state index is 13.8. The Bertz CT molecular complexity index is 1070. The topological polar surface area (TPSA) is 108 Å². The van der Waals surface area contributed by atoms with Crippen LogP contribution in [-0.4, -0.2) is 46.6 Å². The third-order valence-electron chi connectivity index (χ3n) is 6.10. The van der Waals surface area contributed by atoms with Gasteiger partial charge in [-0.3, -0.25) is 9.59 Å². The number of phenolic OH excluding ortho intramolecular Hbond substituents is 1. The maximum Gasteiger partial charge on any atom is 0.408 e. The number of nitrogens with one attached hydrogen (secondary N) is 2. The molecule has 0 bridgehead atoms. The van der Waals surface area contributed by atoms with Gasteiger partial charge in [0.05, 0.1) is 0 Å². The van der Waals surface area contributed by atoms with E-state index in [1.807, 2.05) is 45.9 Å². The summed E-state index contributed by atoms with van der Waals surface area (Å²) in [6.07, 6.45) is -0.107. The lowest BCUT2D eigenvalue weighted by molar-refractivity contribution is -0.140. The Labute approximate surface area is 214 Å². The number of rotatable bonds is 8. The predicted molar refractivity (Wildman–Crippen MR) is 141 cm³/mol. The van der Waals surface area contributed by atoms with Crippen molar-refractivity contribution in [3.63, 3.8) is 0 Å². The summed E-state index contributed by atoms with van der Waals surface area (Å²) in [4.78, 5) is 41.2. The van der Waals surface area contributed by atoms with Crippen molar-refractivity contribution in [2.45, 2.75) is 72.6 Å². The Morgan fingerprint density at radius 1 is 1.03 bits per heavy atom. The molecule has 0 aromatic heterocycles. The fourth-order valence-electron chi connectivity index (χ4n) is 3.91. The molecule has 8 nitrogen and oxygen atoms in total. The van der Waals surface area contributed by atoms with E-state index in [9.17, 15) is 19.5 Å². The molecule has 2 aromatic carbocycles. The molecule has 196 valence electrons. The molecule has 8 heteroatoms. The van der Waals surface area contributed by atoms with E-state index >= 15 is 0 Å². The van der Waals surface area contributed by atoms with Gasteiger partial charge in [0.2, 0.25) is 5.91 Å². The van der Waals surface area contributed by atoms with Gasteiger partial charge in [-0.25, -0.2) is 4.79 Å². The summed E-state index contributed by atoms with van der Waals surface area (Å²) in [5.74, 6) is -1.30. The summed E-state index contributed by atoms with van der Waals surface area (Å²) < 4.78 is 5.37. The highest BCUT2D eigenvalue weighted by molar-refractivity contribution is 6.00. The highest BCUT2D eigenvalue weighted by Gasteiger charge is 2.37.